The van der Waals surface area contributed by atoms with E-state index in [4.69, 9.17) is 10.3 Å². The Bertz CT molecular complexity index is 577. The van der Waals surface area contributed by atoms with Crippen LogP contribution in [0.15, 0.2) is 27.5 Å². The Morgan fingerprint density at radius 3 is 2.75 bits per heavy atom. The molecule has 0 aliphatic carbocycles. The topological polar surface area (TPSA) is 77.8 Å². The Morgan fingerprint density at radius 2 is 2.10 bits per heavy atom. The van der Waals surface area contributed by atoms with Gasteiger partial charge in [0.05, 0.1) is 0 Å². The first-order valence-corrected chi connectivity index (χ1v) is 7.32. The molecule has 1 atom stereocenters. The summed E-state index contributed by atoms with van der Waals surface area (Å²) in [4.78, 5) is 8.46. The number of pyridine rings is 1. The third-order valence-electron chi connectivity index (χ3n) is 2.74. The Morgan fingerprint density at radius 1 is 1.35 bits per heavy atom. The first kappa shape index (κ1) is 15.1. The zero-order valence-corrected chi connectivity index (χ0v) is 13.5. The zero-order chi connectivity index (χ0) is 14.8. The van der Waals surface area contributed by atoms with Gasteiger partial charge in [0.1, 0.15) is 0 Å². The van der Waals surface area contributed by atoms with E-state index < -0.39 is 0 Å². The quantitative estimate of drug-likeness (QED) is 0.925. The fourth-order valence-corrected chi connectivity index (χ4v) is 2.44. The Kier molecular flexibility index (Phi) is 4.55. The predicted molar refractivity (Wildman–Crippen MR) is 81.0 cm³/mol. The van der Waals surface area contributed by atoms with Crippen LogP contribution in [-0.4, -0.2) is 21.2 Å². The van der Waals surface area contributed by atoms with E-state index >= 15 is 0 Å². The fourth-order valence-electron chi connectivity index (χ4n) is 2.07. The first-order chi connectivity index (χ1) is 9.33. The van der Waals surface area contributed by atoms with Crippen LogP contribution in [0.3, 0.4) is 0 Å². The molecule has 0 aromatic carbocycles. The third-order valence-corrected chi connectivity index (χ3v) is 3.18. The van der Waals surface area contributed by atoms with Gasteiger partial charge in [0.2, 0.25) is 11.7 Å². The van der Waals surface area contributed by atoms with Crippen molar-refractivity contribution in [2.45, 2.75) is 39.7 Å². The van der Waals surface area contributed by atoms with Crippen molar-refractivity contribution in [3.63, 3.8) is 0 Å². The first-order valence-electron chi connectivity index (χ1n) is 6.52. The summed E-state index contributed by atoms with van der Waals surface area (Å²) in [7, 11) is 0. The van der Waals surface area contributed by atoms with E-state index in [1.54, 1.807) is 12.4 Å². The van der Waals surface area contributed by atoms with Gasteiger partial charge in [-0.05, 0) is 33.8 Å². The van der Waals surface area contributed by atoms with Crippen LogP contribution < -0.4 is 5.73 Å². The summed E-state index contributed by atoms with van der Waals surface area (Å²) in [6.07, 6.45) is 4.91. The summed E-state index contributed by atoms with van der Waals surface area (Å²) >= 11 is 3.37. The molecule has 0 saturated heterocycles. The molecule has 0 amide bonds. The second-order valence-corrected chi connectivity index (χ2v) is 7.05. The van der Waals surface area contributed by atoms with Gasteiger partial charge < -0.3 is 10.3 Å². The van der Waals surface area contributed by atoms with Gasteiger partial charge in [-0.1, -0.05) is 25.9 Å². The number of aromatic nitrogens is 3. The van der Waals surface area contributed by atoms with Crippen molar-refractivity contribution in [2.75, 3.05) is 0 Å². The molecule has 0 aliphatic rings. The number of nitrogens with two attached hydrogens (primary N) is 1. The number of hydrogen-bond acceptors (Lipinski definition) is 5. The molecule has 0 aliphatic heterocycles. The van der Waals surface area contributed by atoms with Gasteiger partial charge in [-0.25, -0.2) is 0 Å². The lowest BCUT2D eigenvalue weighted by molar-refractivity contribution is 0.313. The molecule has 0 bridgehead atoms. The average molecular weight is 339 g/mol. The third kappa shape index (κ3) is 4.38. The van der Waals surface area contributed by atoms with Crippen molar-refractivity contribution in [1.82, 2.24) is 15.1 Å². The van der Waals surface area contributed by atoms with Crippen LogP contribution in [0.1, 0.15) is 33.1 Å². The number of hydrogen-bond donors (Lipinski definition) is 1. The van der Waals surface area contributed by atoms with Crippen LogP contribution in [0.25, 0.3) is 11.4 Å². The van der Waals surface area contributed by atoms with Gasteiger partial charge >= 0.3 is 0 Å². The van der Waals surface area contributed by atoms with Crippen molar-refractivity contribution in [1.29, 1.82) is 0 Å². The van der Waals surface area contributed by atoms with Gasteiger partial charge in [-0.15, -0.1) is 0 Å². The van der Waals surface area contributed by atoms with Crippen LogP contribution in [0.5, 0.6) is 0 Å². The lowest BCUT2D eigenvalue weighted by Gasteiger charge is -2.21. The molecule has 2 N–H and O–H groups in total. The summed E-state index contributed by atoms with van der Waals surface area (Å²) in [6.45, 7) is 6.50. The average Bonchev–Trinajstić information content (AvgIpc) is 2.74. The molecule has 2 aromatic rings. The molecular weight excluding hydrogens is 320 g/mol. The van der Waals surface area contributed by atoms with Crippen molar-refractivity contribution >= 4 is 15.9 Å². The van der Waals surface area contributed by atoms with E-state index in [0.717, 1.165) is 16.5 Å². The molecule has 5 nitrogen and oxygen atoms in total. The van der Waals surface area contributed by atoms with E-state index in [9.17, 15) is 0 Å². The Hall–Kier alpha value is -1.27. The van der Waals surface area contributed by atoms with Crippen molar-refractivity contribution < 1.29 is 4.52 Å². The maximum absolute atomic E-state index is 6.12. The van der Waals surface area contributed by atoms with E-state index in [0.29, 0.717) is 18.1 Å². The molecule has 1 unspecified atom stereocenters. The SMILES string of the molecule is CC(C)(C)CC(N)Cc1nc(-c2cncc(Br)c2)no1. The monoisotopic (exact) mass is 338 g/mol. The Labute approximate surface area is 127 Å². The van der Waals surface area contributed by atoms with Crippen LogP contribution in [0.4, 0.5) is 0 Å². The lowest BCUT2D eigenvalue weighted by Crippen LogP contribution is -2.28. The molecule has 2 aromatic heterocycles. The zero-order valence-electron chi connectivity index (χ0n) is 11.9. The highest BCUT2D eigenvalue weighted by atomic mass is 79.9. The molecule has 108 valence electrons. The van der Waals surface area contributed by atoms with Crippen LogP contribution >= 0.6 is 15.9 Å². The van der Waals surface area contributed by atoms with Gasteiger partial charge in [0.25, 0.3) is 0 Å². The minimum atomic E-state index is 0.0175. The molecule has 2 heterocycles. The van der Waals surface area contributed by atoms with E-state index in [2.05, 4.69) is 51.8 Å². The molecule has 0 saturated carbocycles. The molecule has 20 heavy (non-hydrogen) atoms. The molecule has 6 heteroatoms. The second-order valence-electron chi connectivity index (χ2n) is 6.13. The maximum atomic E-state index is 6.12. The largest absolute Gasteiger partial charge is 0.339 e. The van der Waals surface area contributed by atoms with Crippen LogP contribution in [0.2, 0.25) is 0 Å². The summed E-state index contributed by atoms with van der Waals surface area (Å²) in [5.74, 6) is 1.11. The molecule has 0 fully saturated rings. The fraction of sp³-hybridized carbons (Fsp3) is 0.500. The summed E-state index contributed by atoms with van der Waals surface area (Å²) in [5, 5.41) is 3.97. The minimum absolute atomic E-state index is 0.0175. The van der Waals surface area contributed by atoms with Crippen molar-refractivity contribution in [3.8, 4) is 11.4 Å². The summed E-state index contributed by atoms with van der Waals surface area (Å²) in [6, 6.07) is 1.92. The van der Waals surface area contributed by atoms with Gasteiger partial charge in [-0.2, -0.15) is 4.98 Å². The summed E-state index contributed by atoms with van der Waals surface area (Å²) in [5.41, 5.74) is 7.13. The molecule has 0 spiro atoms. The normalized spacial score (nSPS) is 13.4. The van der Waals surface area contributed by atoms with Crippen LogP contribution in [-0.2, 0) is 6.42 Å². The highest BCUT2D eigenvalue weighted by Crippen LogP contribution is 2.22. The van der Waals surface area contributed by atoms with E-state index in [-0.39, 0.29) is 11.5 Å². The van der Waals surface area contributed by atoms with Crippen LogP contribution in [0, 0.1) is 5.41 Å². The predicted octanol–water partition coefficient (Wildman–Crippen LogP) is 3.20. The van der Waals surface area contributed by atoms with E-state index in [1.807, 2.05) is 6.07 Å². The number of halogens is 1. The minimum Gasteiger partial charge on any atom is -0.339 e. The van der Waals surface area contributed by atoms with Gasteiger partial charge in [-0.3, -0.25) is 4.98 Å². The van der Waals surface area contributed by atoms with Gasteiger partial charge in [0, 0.05) is 34.9 Å². The molecule has 0 radical (unpaired) electrons. The highest BCUT2D eigenvalue weighted by Gasteiger charge is 2.18. The summed E-state index contributed by atoms with van der Waals surface area (Å²) < 4.78 is 6.14. The molecule has 2 rings (SSSR count). The van der Waals surface area contributed by atoms with Crippen molar-refractivity contribution in [3.05, 3.63) is 28.8 Å². The standard InChI is InChI=1S/C14H19BrN4O/c1-14(2,3)6-11(16)5-12-18-13(19-20-12)9-4-10(15)8-17-7-9/h4,7-8,11H,5-6,16H2,1-3H3. The number of nitrogens with zero attached hydrogens (tertiary/aromatic N) is 3. The maximum Gasteiger partial charge on any atom is 0.228 e. The smallest absolute Gasteiger partial charge is 0.228 e. The van der Waals surface area contributed by atoms with E-state index in [1.165, 1.54) is 0 Å². The highest BCUT2D eigenvalue weighted by molar-refractivity contribution is 9.10. The lowest BCUT2D eigenvalue weighted by atomic mass is 9.87. The Balaban J connectivity index is 2.06. The second kappa shape index (κ2) is 6.01. The van der Waals surface area contributed by atoms with Gasteiger partial charge in [0.15, 0.2) is 0 Å². The van der Waals surface area contributed by atoms with Crippen molar-refractivity contribution in [2.24, 2.45) is 11.1 Å². The number of rotatable bonds is 4. The molecular formula is C14H19BrN4O.